The normalized spacial score (nSPS) is 19.6. The summed E-state index contributed by atoms with van der Waals surface area (Å²) < 4.78 is 11.2. The van der Waals surface area contributed by atoms with Crippen LogP contribution in [-0.4, -0.2) is 56.6 Å². The largest absolute Gasteiger partial charge is 0.383 e. The molecule has 0 radical (unpaired) electrons. The first-order chi connectivity index (χ1) is 11.5. The summed E-state index contributed by atoms with van der Waals surface area (Å²) in [5.41, 5.74) is -1.18. The Morgan fingerprint density at radius 1 is 1.44 bits per heavy atom. The van der Waals surface area contributed by atoms with Crippen molar-refractivity contribution in [2.24, 2.45) is 4.99 Å². The number of rotatable bonds is 7. The highest BCUT2D eigenvalue weighted by molar-refractivity contribution is 14.0. The van der Waals surface area contributed by atoms with Crippen LogP contribution >= 0.6 is 35.3 Å². The average molecular weight is 483 g/mol. The summed E-state index contributed by atoms with van der Waals surface area (Å²) >= 11 is 1.54. The number of hydrogen-bond acceptors (Lipinski definition) is 5. The minimum Gasteiger partial charge on any atom is -0.383 e. The molecule has 25 heavy (non-hydrogen) atoms. The van der Waals surface area contributed by atoms with Gasteiger partial charge in [0, 0.05) is 51.1 Å². The minimum atomic E-state index is -0.964. The number of hydrogen-bond donors (Lipinski definition) is 3. The van der Waals surface area contributed by atoms with Gasteiger partial charge in [-0.1, -0.05) is 6.07 Å². The Morgan fingerprint density at radius 3 is 2.72 bits per heavy atom. The number of nitrogens with one attached hydrogen (secondary N) is 2. The maximum atomic E-state index is 10.6. The molecule has 1 aliphatic heterocycles. The van der Waals surface area contributed by atoms with Crippen molar-refractivity contribution in [3.63, 3.8) is 0 Å². The molecule has 1 aromatic rings. The van der Waals surface area contributed by atoms with Crippen molar-refractivity contribution in [2.45, 2.75) is 37.9 Å². The molecule has 1 unspecified atom stereocenters. The zero-order chi connectivity index (χ0) is 17.5. The molecule has 0 amide bonds. The van der Waals surface area contributed by atoms with Gasteiger partial charge in [-0.25, -0.2) is 4.99 Å². The third-order valence-electron chi connectivity index (χ3n) is 4.36. The van der Waals surface area contributed by atoms with Crippen LogP contribution in [0.15, 0.2) is 22.5 Å². The third-order valence-corrected chi connectivity index (χ3v) is 5.48. The number of thiophene rings is 1. The van der Waals surface area contributed by atoms with Gasteiger partial charge >= 0.3 is 0 Å². The van der Waals surface area contributed by atoms with Gasteiger partial charge in [-0.05, 0) is 25.3 Å². The molecule has 0 spiro atoms. The SMILES string of the molecule is CCNC(=NCC(C)(O)c1cccs1)NCC1(OC)CCOCC1.I. The second-order valence-corrected chi connectivity index (χ2v) is 7.25. The Balaban J connectivity index is 0.00000312. The Bertz CT molecular complexity index is 517. The first-order valence-electron chi connectivity index (χ1n) is 8.43. The van der Waals surface area contributed by atoms with Crippen LogP contribution in [0.1, 0.15) is 31.6 Å². The summed E-state index contributed by atoms with van der Waals surface area (Å²) in [6.45, 7) is 6.98. The fourth-order valence-corrected chi connectivity index (χ4v) is 3.46. The van der Waals surface area contributed by atoms with Crippen LogP contribution in [0, 0.1) is 0 Å². The van der Waals surface area contributed by atoms with Crippen LogP contribution < -0.4 is 10.6 Å². The molecular weight excluding hydrogens is 453 g/mol. The van der Waals surface area contributed by atoms with Crippen molar-refractivity contribution in [2.75, 3.05) is 40.0 Å². The molecule has 2 heterocycles. The number of aliphatic imine (C=N–C) groups is 1. The van der Waals surface area contributed by atoms with E-state index < -0.39 is 5.60 Å². The molecule has 1 aliphatic rings. The molecule has 0 saturated carbocycles. The van der Waals surface area contributed by atoms with Gasteiger partial charge in [0.05, 0.1) is 12.1 Å². The zero-order valence-corrected chi connectivity index (χ0v) is 18.4. The van der Waals surface area contributed by atoms with E-state index in [1.54, 1.807) is 14.0 Å². The molecular formula is C17H30IN3O3S. The summed E-state index contributed by atoms with van der Waals surface area (Å²) in [7, 11) is 1.75. The van der Waals surface area contributed by atoms with Gasteiger partial charge in [-0.15, -0.1) is 35.3 Å². The van der Waals surface area contributed by atoms with Crippen molar-refractivity contribution in [3.05, 3.63) is 22.4 Å². The minimum absolute atomic E-state index is 0. The van der Waals surface area contributed by atoms with Crippen LogP contribution in [0.2, 0.25) is 0 Å². The van der Waals surface area contributed by atoms with E-state index in [2.05, 4.69) is 15.6 Å². The number of ether oxygens (including phenoxy) is 2. The standard InChI is InChI=1S/C17H29N3O3S.HI/c1-4-18-15(19-12-16(2,21)14-6-5-11-24-14)20-13-17(22-3)7-9-23-10-8-17;/h5-6,11,21H,4,7-10,12-13H2,1-3H3,(H2,18,19,20);1H. The Hall–Kier alpha value is -0.420. The van der Waals surface area contributed by atoms with E-state index in [4.69, 9.17) is 9.47 Å². The van der Waals surface area contributed by atoms with Gasteiger partial charge in [0.2, 0.25) is 0 Å². The number of guanidine groups is 1. The van der Waals surface area contributed by atoms with Gasteiger partial charge in [0.1, 0.15) is 5.60 Å². The van der Waals surface area contributed by atoms with Crippen molar-refractivity contribution < 1.29 is 14.6 Å². The Labute approximate surface area is 171 Å². The topological polar surface area (TPSA) is 75.1 Å². The van der Waals surface area contributed by atoms with Gasteiger partial charge in [0.25, 0.3) is 0 Å². The number of aliphatic hydroxyl groups is 1. The molecule has 1 atom stereocenters. The Morgan fingerprint density at radius 2 is 2.16 bits per heavy atom. The second-order valence-electron chi connectivity index (χ2n) is 6.30. The lowest BCUT2D eigenvalue weighted by molar-refractivity contribution is -0.0855. The van der Waals surface area contributed by atoms with Gasteiger partial charge in [-0.3, -0.25) is 0 Å². The van der Waals surface area contributed by atoms with Crippen molar-refractivity contribution >= 4 is 41.3 Å². The molecule has 1 saturated heterocycles. The van der Waals surface area contributed by atoms with Crippen LogP contribution in [0.4, 0.5) is 0 Å². The molecule has 2 rings (SSSR count). The lowest BCUT2D eigenvalue weighted by Crippen LogP contribution is -2.51. The van der Waals surface area contributed by atoms with E-state index in [0.29, 0.717) is 19.0 Å². The van der Waals surface area contributed by atoms with Crippen LogP contribution in [0.3, 0.4) is 0 Å². The smallest absolute Gasteiger partial charge is 0.191 e. The Kier molecular flexibility index (Phi) is 9.65. The number of methoxy groups -OCH3 is 1. The monoisotopic (exact) mass is 483 g/mol. The van der Waals surface area contributed by atoms with Gasteiger partial charge in [0.15, 0.2) is 5.96 Å². The quantitative estimate of drug-likeness (QED) is 0.316. The van der Waals surface area contributed by atoms with Crippen LogP contribution in [0.25, 0.3) is 0 Å². The average Bonchev–Trinajstić information content (AvgIpc) is 3.14. The fraction of sp³-hybridized carbons (Fsp3) is 0.706. The summed E-state index contributed by atoms with van der Waals surface area (Å²) in [5.74, 6) is 0.692. The lowest BCUT2D eigenvalue weighted by atomic mass is 9.94. The predicted octanol–water partition coefficient (Wildman–Crippen LogP) is 2.32. The van der Waals surface area contributed by atoms with Gasteiger partial charge in [-0.2, -0.15) is 0 Å². The van der Waals surface area contributed by atoms with E-state index in [1.165, 1.54) is 11.3 Å². The summed E-state index contributed by atoms with van der Waals surface area (Å²) in [5, 5.41) is 19.2. The highest BCUT2D eigenvalue weighted by Gasteiger charge is 2.32. The molecule has 8 heteroatoms. The molecule has 1 fully saturated rings. The first kappa shape index (κ1) is 22.6. The zero-order valence-electron chi connectivity index (χ0n) is 15.2. The number of halogens is 1. The van der Waals surface area contributed by atoms with E-state index >= 15 is 0 Å². The van der Waals surface area contributed by atoms with E-state index in [9.17, 15) is 5.11 Å². The summed E-state index contributed by atoms with van der Waals surface area (Å²) in [6, 6.07) is 3.87. The first-order valence-corrected chi connectivity index (χ1v) is 9.31. The molecule has 1 aromatic heterocycles. The predicted molar refractivity (Wildman–Crippen MR) is 113 cm³/mol. The summed E-state index contributed by atoms with van der Waals surface area (Å²) in [6.07, 6.45) is 1.73. The lowest BCUT2D eigenvalue weighted by Gasteiger charge is -2.36. The van der Waals surface area contributed by atoms with Crippen LogP contribution in [0.5, 0.6) is 0 Å². The van der Waals surface area contributed by atoms with Crippen LogP contribution in [-0.2, 0) is 15.1 Å². The molecule has 3 N–H and O–H groups in total. The molecule has 6 nitrogen and oxygen atoms in total. The van der Waals surface area contributed by atoms with Crippen molar-refractivity contribution in [1.29, 1.82) is 0 Å². The second kappa shape index (κ2) is 10.7. The van der Waals surface area contributed by atoms with Gasteiger partial charge < -0.3 is 25.2 Å². The molecule has 0 aromatic carbocycles. The number of nitrogens with zero attached hydrogens (tertiary/aromatic N) is 1. The molecule has 0 bridgehead atoms. The van der Waals surface area contributed by atoms with E-state index in [0.717, 1.165) is 37.5 Å². The van der Waals surface area contributed by atoms with Crippen molar-refractivity contribution in [3.8, 4) is 0 Å². The highest BCUT2D eigenvalue weighted by atomic mass is 127. The maximum Gasteiger partial charge on any atom is 0.191 e. The summed E-state index contributed by atoms with van der Waals surface area (Å²) in [4.78, 5) is 5.47. The molecule has 0 aliphatic carbocycles. The fourth-order valence-electron chi connectivity index (χ4n) is 2.68. The van der Waals surface area contributed by atoms with Crippen molar-refractivity contribution in [1.82, 2.24) is 10.6 Å². The van der Waals surface area contributed by atoms with E-state index in [1.807, 2.05) is 24.4 Å². The van der Waals surface area contributed by atoms with E-state index in [-0.39, 0.29) is 29.6 Å². The highest BCUT2D eigenvalue weighted by Crippen LogP contribution is 2.26. The third kappa shape index (κ3) is 6.67. The maximum absolute atomic E-state index is 10.6. The molecule has 144 valence electrons.